The molecule has 0 aromatic heterocycles. The first kappa shape index (κ1) is 18.5. The molecule has 0 unspecified atom stereocenters. The molecule has 1 heterocycles. The Kier molecular flexibility index (Phi) is 6.55. The maximum Gasteiger partial charge on any atom is 0.373 e. The zero-order valence-electron chi connectivity index (χ0n) is 13.2. The van der Waals surface area contributed by atoms with E-state index in [1.54, 1.807) is 0 Å². The van der Waals surface area contributed by atoms with Gasteiger partial charge in [-0.25, -0.2) is 4.79 Å². The van der Waals surface area contributed by atoms with Crippen LogP contribution in [-0.2, 0) is 42.9 Å². The Balaban J connectivity index is 3.10. The van der Waals surface area contributed by atoms with E-state index in [0.717, 1.165) is 21.0 Å². The van der Waals surface area contributed by atoms with Crippen molar-refractivity contribution < 1.29 is 42.9 Å². The molecule has 3 atom stereocenters. The van der Waals surface area contributed by atoms with Gasteiger partial charge in [0.1, 0.15) is 6.61 Å². The minimum absolute atomic E-state index is 0.237. The molecule has 0 saturated carbocycles. The quantitative estimate of drug-likeness (QED) is 0.502. The van der Waals surface area contributed by atoms with Gasteiger partial charge in [0.05, 0.1) is 7.11 Å². The molecule has 23 heavy (non-hydrogen) atoms. The number of rotatable bonds is 5. The first-order chi connectivity index (χ1) is 10.7. The zero-order valence-corrected chi connectivity index (χ0v) is 13.2. The highest BCUT2D eigenvalue weighted by molar-refractivity contribution is 5.86. The summed E-state index contributed by atoms with van der Waals surface area (Å²) in [5, 5.41) is 0. The summed E-state index contributed by atoms with van der Waals surface area (Å²) in [7, 11) is 1.15. The fourth-order valence-electron chi connectivity index (χ4n) is 1.90. The Bertz CT molecular complexity index is 522. The lowest BCUT2D eigenvalue weighted by molar-refractivity contribution is -0.183. The van der Waals surface area contributed by atoms with Gasteiger partial charge in [-0.2, -0.15) is 0 Å². The van der Waals surface area contributed by atoms with Crippen LogP contribution in [0.3, 0.4) is 0 Å². The van der Waals surface area contributed by atoms with Gasteiger partial charge in [0.25, 0.3) is 0 Å². The predicted octanol–water partition coefficient (Wildman–Crippen LogP) is -0.131. The molecule has 0 saturated heterocycles. The Morgan fingerprint density at radius 3 is 2.13 bits per heavy atom. The third kappa shape index (κ3) is 5.61. The zero-order chi connectivity index (χ0) is 17.6. The Labute approximate surface area is 132 Å². The second-order valence-corrected chi connectivity index (χ2v) is 4.63. The lowest BCUT2D eigenvalue weighted by Crippen LogP contribution is -2.49. The third-order valence-corrected chi connectivity index (χ3v) is 2.73. The van der Waals surface area contributed by atoms with Crippen LogP contribution in [0.25, 0.3) is 0 Å². The molecule has 0 spiro atoms. The highest BCUT2D eigenvalue weighted by Gasteiger charge is 2.42. The van der Waals surface area contributed by atoms with Crippen LogP contribution < -0.4 is 0 Å². The van der Waals surface area contributed by atoms with Crippen molar-refractivity contribution in [3.8, 4) is 0 Å². The van der Waals surface area contributed by atoms with Crippen LogP contribution in [0, 0.1) is 0 Å². The van der Waals surface area contributed by atoms with E-state index in [4.69, 9.17) is 18.9 Å². The molecule has 9 nitrogen and oxygen atoms in total. The van der Waals surface area contributed by atoms with Crippen molar-refractivity contribution in [1.29, 1.82) is 0 Å². The number of hydrogen-bond acceptors (Lipinski definition) is 9. The van der Waals surface area contributed by atoms with Crippen molar-refractivity contribution in [2.75, 3.05) is 13.7 Å². The van der Waals surface area contributed by atoms with Crippen molar-refractivity contribution in [3.05, 3.63) is 11.8 Å². The number of carbonyl (C=O) groups excluding carboxylic acids is 4. The van der Waals surface area contributed by atoms with E-state index in [1.165, 1.54) is 13.0 Å². The summed E-state index contributed by atoms with van der Waals surface area (Å²) in [6, 6.07) is 0. The monoisotopic (exact) mass is 330 g/mol. The van der Waals surface area contributed by atoms with Crippen LogP contribution >= 0.6 is 0 Å². The molecule has 1 aliphatic heterocycles. The number of carbonyl (C=O) groups is 4. The van der Waals surface area contributed by atoms with E-state index in [-0.39, 0.29) is 12.4 Å². The standard InChI is InChI=1S/C14H18O9/c1-7(15)20-6-12-13(22-9(3)17)10(21-8(2)16)5-11(23-12)14(18)19-4/h5,10,12-13H,6H2,1-4H3/t10-,12-,13+/m1/s1. The first-order valence-corrected chi connectivity index (χ1v) is 6.69. The van der Waals surface area contributed by atoms with Crippen molar-refractivity contribution in [3.63, 3.8) is 0 Å². The van der Waals surface area contributed by atoms with Crippen LogP contribution in [0.1, 0.15) is 20.8 Å². The van der Waals surface area contributed by atoms with Crippen LogP contribution in [0.5, 0.6) is 0 Å². The lowest BCUT2D eigenvalue weighted by Gasteiger charge is -2.34. The second kappa shape index (κ2) is 8.16. The highest BCUT2D eigenvalue weighted by Crippen LogP contribution is 2.24. The molecule has 9 heteroatoms. The molecule has 0 N–H and O–H groups in total. The van der Waals surface area contributed by atoms with Gasteiger partial charge < -0.3 is 23.7 Å². The molecule has 0 bridgehead atoms. The van der Waals surface area contributed by atoms with Gasteiger partial charge in [0.15, 0.2) is 18.3 Å². The SMILES string of the molecule is COC(=O)C1=C[C@@H](OC(C)=O)[C@H](OC(C)=O)[C@@H](COC(C)=O)O1. The summed E-state index contributed by atoms with van der Waals surface area (Å²) >= 11 is 0. The summed E-state index contributed by atoms with van der Waals surface area (Å²) < 4.78 is 24.9. The minimum atomic E-state index is -1.08. The summed E-state index contributed by atoms with van der Waals surface area (Å²) in [5.74, 6) is -2.94. The van der Waals surface area contributed by atoms with Gasteiger partial charge in [-0.05, 0) is 0 Å². The largest absolute Gasteiger partial charge is 0.476 e. The predicted molar refractivity (Wildman–Crippen MR) is 72.7 cm³/mol. The second-order valence-electron chi connectivity index (χ2n) is 4.63. The van der Waals surface area contributed by atoms with E-state index in [1.807, 2.05) is 0 Å². The number of hydrogen-bond donors (Lipinski definition) is 0. The van der Waals surface area contributed by atoms with E-state index in [9.17, 15) is 19.2 Å². The van der Waals surface area contributed by atoms with E-state index in [2.05, 4.69) is 4.74 Å². The maximum absolute atomic E-state index is 11.6. The van der Waals surface area contributed by atoms with E-state index < -0.39 is 42.2 Å². The number of methoxy groups -OCH3 is 1. The Hall–Kier alpha value is -2.58. The number of ether oxygens (including phenoxy) is 5. The fraction of sp³-hybridized carbons (Fsp3) is 0.571. The number of esters is 4. The molecular formula is C14H18O9. The topological polar surface area (TPSA) is 114 Å². The van der Waals surface area contributed by atoms with Crippen LogP contribution in [0.15, 0.2) is 11.8 Å². The van der Waals surface area contributed by atoms with Crippen LogP contribution in [0.2, 0.25) is 0 Å². The van der Waals surface area contributed by atoms with Crippen molar-refractivity contribution in [2.45, 2.75) is 39.1 Å². The summed E-state index contributed by atoms with van der Waals surface area (Å²) in [6.07, 6.45) is -2.03. The smallest absolute Gasteiger partial charge is 0.373 e. The normalized spacial score (nSPS) is 23.0. The van der Waals surface area contributed by atoms with E-state index in [0.29, 0.717) is 0 Å². The van der Waals surface area contributed by atoms with E-state index >= 15 is 0 Å². The van der Waals surface area contributed by atoms with Gasteiger partial charge in [-0.1, -0.05) is 0 Å². The van der Waals surface area contributed by atoms with Gasteiger partial charge in [-0.3, -0.25) is 14.4 Å². The fourth-order valence-corrected chi connectivity index (χ4v) is 1.90. The van der Waals surface area contributed by atoms with Crippen LogP contribution in [0.4, 0.5) is 0 Å². The molecule has 0 radical (unpaired) electrons. The highest BCUT2D eigenvalue weighted by atomic mass is 16.6. The maximum atomic E-state index is 11.6. The van der Waals surface area contributed by atoms with Crippen molar-refractivity contribution in [2.24, 2.45) is 0 Å². The molecule has 0 amide bonds. The van der Waals surface area contributed by atoms with Gasteiger partial charge in [0.2, 0.25) is 5.76 Å². The Morgan fingerprint density at radius 1 is 1.04 bits per heavy atom. The van der Waals surface area contributed by atoms with Gasteiger partial charge in [-0.15, -0.1) is 0 Å². The lowest BCUT2D eigenvalue weighted by atomic mass is 10.0. The average molecular weight is 330 g/mol. The molecule has 0 aromatic rings. The molecule has 0 fully saturated rings. The first-order valence-electron chi connectivity index (χ1n) is 6.69. The molecule has 128 valence electrons. The summed E-state index contributed by atoms with van der Waals surface area (Å²) in [5.41, 5.74) is 0. The van der Waals surface area contributed by atoms with Crippen molar-refractivity contribution in [1.82, 2.24) is 0 Å². The minimum Gasteiger partial charge on any atom is -0.476 e. The molecule has 1 rings (SSSR count). The van der Waals surface area contributed by atoms with Crippen molar-refractivity contribution >= 4 is 23.9 Å². The molecule has 1 aliphatic rings. The summed E-state index contributed by atoms with van der Waals surface area (Å²) in [6.45, 7) is 3.20. The van der Waals surface area contributed by atoms with Gasteiger partial charge >= 0.3 is 23.9 Å². The van der Waals surface area contributed by atoms with Gasteiger partial charge in [0, 0.05) is 26.8 Å². The average Bonchev–Trinajstić information content (AvgIpc) is 2.45. The third-order valence-electron chi connectivity index (χ3n) is 2.73. The van der Waals surface area contributed by atoms with Crippen LogP contribution in [-0.4, -0.2) is 55.9 Å². The molecular weight excluding hydrogens is 312 g/mol. The summed E-state index contributed by atoms with van der Waals surface area (Å²) in [4.78, 5) is 45.1. The molecule has 0 aliphatic carbocycles. The molecule has 0 aromatic carbocycles. The Morgan fingerprint density at radius 2 is 1.65 bits per heavy atom.